The summed E-state index contributed by atoms with van der Waals surface area (Å²) in [6.07, 6.45) is -3.06. The summed E-state index contributed by atoms with van der Waals surface area (Å²) in [5.41, 5.74) is -0.596. The van der Waals surface area contributed by atoms with E-state index in [1.165, 1.54) is 6.20 Å². The predicted octanol–water partition coefficient (Wildman–Crippen LogP) is -2.08. The molecular weight excluding hydrogens is 254 g/mol. The number of ether oxygens (including phenoxy) is 1. The molecule has 4 atom stereocenters. The van der Waals surface area contributed by atoms with Crippen molar-refractivity contribution >= 4 is 5.82 Å². The van der Waals surface area contributed by atoms with Crippen molar-refractivity contribution in [3.8, 4) is 0 Å². The second-order valence-corrected chi connectivity index (χ2v) is 4.60. The highest BCUT2D eigenvalue weighted by molar-refractivity contribution is 5.33. The molecule has 8 nitrogen and oxygen atoms in total. The SMILES string of the molecule is CN(C)c1ccn(C2O[C@H](CO)[C@@H](O)[C@H]2O)c(=O)n1. The van der Waals surface area contributed by atoms with E-state index >= 15 is 0 Å². The molecule has 0 amide bonds. The lowest BCUT2D eigenvalue weighted by molar-refractivity contribution is -0.0549. The van der Waals surface area contributed by atoms with Crippen LogP contribution in [0.1, 0.15) is 6.23 Å². The van der Waals surface area contributed by atoms with Crippen LogP contribution < -0.4 is 10.6 Å². The molecule has 1 unspecified atom stereocenters. The number of aromatic nitrogens is 2. The van der Waals surface area contributed by atoms with Gasteiger partial charge in [-0.15, -0.1) is 0 Å². The molecule has 1 saturated heterocycles. The van der Waals surface area contributed by atoms with Crippen LogP contribution in [-0.4, -0.2) is 63.9 Å². The van der Waals surface area contributed by atoms with Gasteiger partial charge in [0.15, 0.2) is 6.23 Å². The van der Waals surface area contributed by atoms with Crippen molar-refractivity contribution in [2.24, 2.45) is 0 Å². The van der Waals surface area contributed by atoms with Crippen LogP contribution in [0.25, 0.3) is 0 Å². The lowest BCUT2D eigenvalue weighted by atomic mass is 10.1. The zero-order chi connectivity index (χ0) is 14.2. The Morgan fingerprint density at radius 1 is 1.42 bits per heavy atom. The van der Waals surface area contributed by atoms with Gasteiger partial charge in [0.05, 0.1) is 6.61 Å². The molecule has 1 aliphatic rings. The van der Waals surface area contributed by atoms with Gasteiger partial charge in [0.2, 0.25) is 0 Å². The van der Waals surface area contributed by atoms with E-state index in [0.717, 1.165) is 4.57 Å². The number of nitrogens with zero attached hydrogens (tertiary/aromatic N) is 3. The fraction of sp³-hybridized carbons (Fsp3) is 0.636. The van der Waals surface area contributed by atoms with Crippen LogP contribution in [-0.2, 0) is 4.74 Å². The Kier molecular flexibility index (Phi) is 3.85. The van der Waals surface area contributed by atoms with Crippen molar-refractivity contribution in [2.45, 2.75) is 24.5 Å². The molecule has 3 N–H and O–H groups in total. The van der Waals surface area contributed by atoms with Crippen LogP contribution >= 0.6 is 0 Å². The highest BCUT2D eigenvalue weighted by Gasteiger charge is 2.43. The van der Waals surface area contributed by atoms with Crippen molar-refractivity contribution in [2.75, 3.05) is 25.6 Å². The predicted molar refractivity (Wildman–Crippen MR) is 65.8 cm³/mol. The molecule has 0 spiro atoms. The van der Waals surface area contributed by atoms with Crippen LogP contribution in [0.15, 0.2) is 17.1 Å². The van der Waals surface area contributed by atoms with E-state index < -0.39 is 36.8 Å². The molecule has 106 valence electrons. The molecule has 8 heteroatoms. The third-order valence-electron chi connectivity index (χ3n) is 3.06. The summed E-state index contributed by atoms with van der Waals surface area (Å²) in [5, 5.41) is 28.5. The van der Waals surface area contributed by atoms with Crippen molar-refractivity contribution < 1.29 is 20.1 Å². The van der Waals surface area contributed by atoms with Crippen LogP contribution in [0, 0.1) is 0 Å². The zero-order valence-electron chi connectivity index (χ0n) is 10.7. The maximum Gasteiger partial charge on any atom is 0.351 e. The number of hydrogen-bond donors (Lipinski definition) is 3. The molecular formula is C11H17N3O5. The van der Waals surface area contributed by atoms with Gasteiger partial charge in [-0.3, -0.25) is 4.57 Å². The maximum atomic E-state index is 11.9. The Bertz CT molecular complexity index is 503. The highest BCUT2D eigenvalue weighted by atomic mass is 16.6. The van der Waals surface area contributed by atoms with Gasteiger partial charge >= 0.3 is 5.69 Å². The monoisotopic (exact) mass is 271 g/mol. The van der Waals surface area contributed by atoms with Gasteiger partial charge in [-0.2, -0.15) is 4.98 Å². The molecule has 0 saturated carbocycles. The van der Waals surface area contributed by atoms with Gasteiger partial charge in [0.25, 0.3) is 0 Å². The number of aliphatic hydroxyl groups is 3. The van der Waals surface area contributed by atoms with Crippen LogP contribution in [0.2, 0.25) is 0 Å². The highest BCUT2D eigenvalue weighted by Crippen LogP contribution is 2.28. The van der Waals surface area contributed by atoms with Gasteiger partial charge in [-0.1, -0.05) is 0 Å². The molecule has 0 aromatic carbocycles. The Hall–Kier alpha value is -1.48. The lowest BCUT2D eigenvalue weighted by Crippen LogP contribution is -2.36. The number of rotatable bonds is 3. The van der Waals surface area contributed by atoms with E-state index in [0.29, 0.717) is 5.82 Å². The molecule has 1 aromatic rings. The summed E-state index contributed by atoms with van der Waals surface area (Å²) >= 11 is 0. The van der Waals surface area contributed by atoms with Gasteiger partial charge < -0.3 is 25.0 Å². The standard InChI is InChI=1S/C11H17N3O5/c1-13(2)7-3-4-14(11(18)12-7)10-9(17)8(16)6(5-15)19-10/h3-4,6,8-10,15-17H,5H2,1-2H3/t6-,8-,9-,10?/m1/s1. The zero-order valence-corrected chi connectivity index (χ0v) is 10.7. The number of anilines is 1. The topological polar surface area (TPSA) is 108 Å². The summed E-state index contributed by atoms with van der Waals surface area (Å²) < 4.78 is 6.36. The average molecular weight is 271 g/mol. The molecule has 1 aliphatic heterocycles. The first kappa shape index (κ1) is 13.9. The summed E-state index contributed by atoms with van der Waals surface area (Å²) in [6, 6.07) is 1.59. The minimum absolute atomic E-state index is 0.438. The van der Waals surface area contributed by atoms with E-state index in [1.807, 2.05) is 0 Å². The minimum Gasteiger partial charge on any atom is -0.394 e. The fourth-order valence-corrected chi connectivity index (χ4v) is 1.96. The maximum absolute atomic E-state index is 11.9. The van der Waals surface area contributed by atoms with Crippen molar-refractivity contribution in [1.82, 2.24) is 9.55 Å². The Labute approximate surface area is 109 Å². The summed E-state index contributed by atoms with van der Waals surface area (Å²) in [6.45, 7) is -0.438. The third kappa shape index (κ3) is 2.47. The normalized spacial score (nSPS) is 30.6. The fourth-order valence-electron chi connectivity index (χ4n) is 1.96. The Morgan fingerprint density at radius 3 is 2.58 bits per heavy atom. The third-order valence-corrected chi connectivity index (χ3v) is 3.06. The second kappa shape index (κ2) is 5.25. The molecule has 0 aliphatic carbocycles. The second-order valence-electron chi connectivity index (χ2n) is 4.60. The van der Waals surface area contributed by atoms with E-state index in [9.17, 15) is 15.0 Å². The van der Waals surface area contributed by atoms with Gasteiger partial charge in [-0.05, 0) is 6.07 Å². The largest absolute Gasteiger partial charge is 0.394 e. The van der Waals surface area contributed by atoms with E-state index in [4.69, 9.17) is 9.84 Å². The van der Waals surface area contributed by atoms with Crippen molar-refractivity contribution in [3.63, 3.8) is 0 Å². The van der Waals surface area contributed by atoms with Gasteiger partial charge in [-0.25, -0.2) is 4.79 Å². The molecule has 1 fully saturated rings. The molecule has 2 heterocycles. The first-order chi connectivity index (χ1) is 8.95. The van der Waals surface area contributed by atoms with E-state index in [-0.39, 0.29) is 0 Å². The molecule has 1 aromatic heterocycles. The van der Waals surface area contributed by atoms with E-state index in [1.54, 1.807) is 25.1 Å². The average Bonchev–Trinajstić information content (AvgIpc) is 2.66. The molecule has 0 bridgehead atoms. The van der Waals surface area contributed by atoms with Crippen LogP contribution in [0.5, 0.6) is 0 Å². The van der Waals surface area contributed by atoms with Crippen molar-refractivity contribution in [1.29, 1.82) is 0 Å². The minimum atomic E-state index is -1.29. The summed E-state index contributed by atoms with van der Waals surface area (Å²) in [4.78, 5) is 17.4. The number of aliphatic hydroxyl groups excluding tert-OH is 3. The summed E-state index contributed by atoms with van der Waals surface area (Å²) in [7, 11) is 3.50. The number of hydrogen-bond acceptors (Lipinski definition) is 7. The molecule has 0 radical (unpaired) electrons. The first-order valence-corrected chi connectivity index (χ1v) is 5.84. The summed E-state index contributed by atoms with van der Waals surface area (Å²) in [5.74, 6) is 0.480. The molecule has 19 heavy (non-hydrogen) atoms. The van der Waals surface area contributed by atoms with E-state index in [2.05, 4.69) is 4.98 Å². The Morgan fingerprint density at radius 2 is 2.11 bits per heavy atom. The van der Waals surface area contributed by atoms with Gasteiger partial charge in [0, 0.05) is 20.3 Å². The Balaban J connectivity index is 2.31. The van der Waals surface area contributed by atoms with Crippen LogP contribution in [0.3, 0.4) is 0 Å². The first-order valence-electron chi connectivity index (χ1n) is 5.84. The molecule has 2 rings (SSSR count). The quantitative estimate of drug-likeness (QED) is 0.579. The van der Waals surface area contributed by atoms with Gasteiger partial charge in [0.1, 0.15) is 24.1 Å². The lowest BCUT2D eigenvalue weighted by Gasteiger charge is -2.18. The van der Waals surface area contributed by atoms with Crippen molar-refractivity contribution in [3.05, 3.63) is 22.7 Å². The van der Waals surface area contributed by atoms with Crippen LogP contribution in [0.4, 0.5) is 5.82 Å². The smallest absolute Gasteiger partial charge is 0.351 e.